The summed E-state index contributed by atoms with van der Waals surface area (Å²) in [5.41, 5.74) is 1.59. The van der Waals surface area contributed by atoms with Crippen molar-refractivity contribution < 1.29 is 9.84 Å². The van der Waals surface area contributed by atoms with E-state index in [4.69, 9.17) is 4.74 Å². The predicted molar refractivity (Wildman–Crippen MR) is 71.9 cm³/mol. The van der Waals surface area contributed by atoms with Crippen molar-refractivity contribution in [3.63, 3.8) is 0 Å². The fraction of sp³-hybridized carbons (Fsp3) is 0.600. The molecule has 0 bridgehead atoms. The van der Waals surface area contributed by atoms with Crippen LogP contribution in [0.1, 0.15) is 40.0 Å². The lowest BCUT2D eigenvalue weighted by molar-refractivity contribution is 0.0454. The molecule has 1 N–H and O–H groups in total. The molecular weight excluding hydrogens is 212 g/mol. The smallest absolute Gasteiger partial charge is 0.0804 e. The van der Waals surface area contributed by atoms with Crippen LogP contribution in [-0.4, -0.2) is 22.9 Å². The highest BCUT2D eigenvalue weighted by atomic mass is 16.5. The zero-order valence-corrected chi connectivity index (χ0v) is 11.2. The standard InChI is InChI=1S/C15H24O2/c1-6-15(5,16)8-7-14-12(4)10-13(17-14)9-11(2)3/h6,9,13-14,16H,1,4,7-8,10H2,2-3,5H3/t13-,14+,15+/m1/s1. The molecule has 0 spiro atoms. The summed E-state index contributed by atoms with van der Waals surface area (Å²) >= 11 is 0. The highest BCUT2D eigenvalue weighted by molar-refractivity contribution is 5.15. The Morgan fingerprint density at radius 1 is 1.59 bits per heavy atom. The van der Waals surface area contributed by atoms with Gasteiger partial charge in [-0.25, -0.2) is 0 Å². The van der Waals surface area contributed by atoms with E-state index in [1.165, 1.54) is 5.57 Å². The summed E-state index contributed by atoms with van der Waals surface area (Å²) in [7, 11) is 0. The minimum atomic E-state index is -0.807. The molecule has 17 heavy (non-hydrogen) atoms. The van der Waals surface area contributed by atoms with Gasteiger partial charge in [-0.15, -0.1) is 6.58 Å². The van der Waals surface area contributed by atoms with Gasteiger partial charge in [0, 0.05) is 6.42 Å². The van der Waals surface area contributed by atoms with E-state index in [-0.39, 0.29) is 12.2 Å². The van der Waals surface area contributed by atoms with E-state index in [9.17, 15) is 5.11 Å². The molecule has 3 atom stereocenters. The molecule has 0 aliphatic carbocycles. The molecule has 2 heteroatoms. The third kappa shape index (κ3) is 4.49. The fourth-order valence-electron chi connectivity index (χ4n) is 2.01. The lowest BCUT2D eigenvalue weighted by Gasteiger charge is -2.21. The molecule has 2 nitrogen and oxygen atoms in total. The van der Waals surface area contributed by atoms with Crippen molar-refractivity contribution in [1.82, 2.24) is 0 Å². The highest BCUT2D eigenvalue weighted by Crippen LogP contribution is 2.30. The van der Waals surface area contributed by atoms with Gasteiger partial charge in [0.05, 0.1) is 17.8 Å². The lowest BCUT2D eigenvalue weighted by Crippen LogP contribution is -2.23. The molecule has 0 unspecified atom stereocenters. The first-order valence-corrected chi connectivity index (χ1v) is 6.18. The number of hydrogen-bond acceptors (Lipinski definition) is 2. The zero-order chi connectivity index (χ0) is 13.1. The van der Waals surface area contributed by atoms with Crippen LogP contribution in [0.15, 0.2) is 36.5 Å². The van der Waals surface area contributed by atoms with Crippen LogP contribution in [0, 0.1) is 0 Å². The maximum atomic E-state index is 9.87. The van der Waals surface area contributed by atoms with Crippen molar-refractivity contribution in [2.45, 2.75) is 57.8 Å². The number of ether oxygens (including phenoxy) is 1. The van der Waals surface area contributed by atoms with Gasteiger partial charge in [-0.2, -0.15) is 0 Å². The SMILES string of the molecule is C=C[C@](C)(O)CC[C@@H]1O[C@H](C=C(C)C)CC1=C. The first-order valence-electron chi connectivity index (χ1n) is 6.18. The largest absolute Gasteiger partial charge is 0.386 e. The monoisotopic (exact) mass is 236 g/mol. The van der Waals surface area contributed by atoms with Gasteiger partial charge in [-0.3, -0.25) is 0 Å². The molecule has 96 valence electrons. The van der Waals surface area contributed by atoms with Crippen LogP contribution in [0.4, 0.5) is 0 Å². The Hall–Kier alpha value is -0.860. The fourth-order valence-corrected chi connectivity index (χ4v) is 2.01. The minimum Gasteiger partial charge on any atom is -0.386 e. The molecule has 0 amide bonds. The van der Waals surface area contributed by atoms with Gasteiger partial charge in [0.15, 0.2) is 0 Å². The summed E-state index contributed by atoms with van der Waals surface area (Å²) in [5, 5.41) is 9.87. The van der Waals surface area contributed by atoms with Crippen molar-refractivity contribution in [3.8, 4) is 0 Å². The molecule has 0 saturated carbocycles. The second-order valence-corrected chi connectivity index (χ2v) is 5.37. The second-order valence-electron chi connectivity index (χ2n) is 5.37. The van der Waals surface area contributed by atoms with E-state index in [0.29, 0.717) is 6.42 Å². The van der Waals surface area contributed by atoms with Gasteiger partial charge in [-0.05, 0) is 39.2 Å². The molecule has 1 saturated heterocycles. The first kappa shape index (κ1) is 14.2. The molecule has 1 aliphatic rings. The molecular formula is C15H24O2. The number of hydrogen-bond donors (Lipinski definition) is 1. The van der Waals surface area contributed by atoms with Crippen LogP contribution in [0.25, 0.3) is 0 Å². The van der Waals surface area contributed by atoms with E-state index < -0.39 is 5.60 Å². The summed E-state index contributed by atoms with van der Waals surface area (Å²) in [6.07, 6.45) is 6.29. The quantitative estimate of drug-likeness (QED) is 0.741. The predicted octanol–water partition coefficient (Wildman–Crippen LogP) is 3.38. The van der Waals surface area contributed by atoms with Gasteiger partial charge in [0.2, 0.25) is 0 Å². The third-order valence-electron chi connectivity index (χ3n) is 3.13. The van der Waals surface area contributed by atoms with Gasteiger partial charge in [-0.1, -0.05) is 24.3 Å². The molecule has 1 fully saturated rings. The van der Waals surface area contributed by atoms with Crippen LogP contribution < -0.4 is 0 Å². The van der Waals surface area contributed by atoms with Gasteiger partial charge >= 0.3 is 0 Å². The topological polar surface area (TPSA) is 29.5 Å². The van der Waals surface area contributed by atoms with E-state index in [1.807, 2.05) is 0 Å². The minimum absolute atomic E-state index is 0.0713. The summed E-state index contributed by atoms with van der Waals surface area (Å²) < 4.78 is 5.90. The normalized spacial score (nSPS) is 27.6. The second kappa shape index (κ2) is 5.65. The van der Waals surface area contributed by atoms with E-state index in [2.05, 4.69) is 33.1 Å². The zero-order valence-electron chi connectivity index (χ0n) is 11.2. The van der Waals surface area contributed by atoms with Crippen LogP contribution >= 0.6 is 0 Å². The molecule has 0 aromatic heterocycles. The van der Waals surface area contributed by atoms with Crippen LogP contribution in [0.2, 0.25) is 0 Å². The Morgan fingerprint density at radius 2 is 2.24 bits per heavy atom. The average molecular weight is 236 g/mol. The molecule has 1 heterocycles. The third-order valence-corrected chi connectivity index (χ3v) is 3.13. The summed E-state index contributed by atoms with van der Waals surface area (Å²) in [5.74, 6) is 0. The summed E-state index contributed by atoms with van der Waals surface area (Å²) in [4.78, 5) is 0. The Labute approximate surface area is 105 Å². The Balaban J connectivity index is 2.49. The van der Waals surface area contributed by atoms with E-state index >= 15 is 0 Å². The average Bonchev–Trinajstić information content (AvgIpc) is 2.55. The molecule has 0 aromatic rings. The lowest BCUT2D eigenvalue weighted by atomic mass is 9.95. The Bertz CT molecular complexity index is 322. The van der Waals surface area contributed by atoms with Gasteiger partial charge < -0.3 is 9.84 Å². The van der Waals surface area contributed by atoms with Crippen LogP contribution in [0.5, 0.6) is 0 Å². The highest BCUT2D eigenvalue weighted by Gasteiger charge is 2.29. The van der Waals surface area contributed by atoms with Crippen molar-refractivity contribution in [2.24, 2.45) is 0 Å². The maximum Gasteiger partial charge on any atom is 0.0804 e. The maximum absolute atomic E-state index is 9.87. The van der Waals surface area contributed by atoms with Crippen LogP contribution in [-0.2, 0) is 4.74 Å². The van der Waals surface area contributed by atoms with Crippen molar-refractivity contribution >= 4 is 0 Å². The van der Waals surface area contributed by atoms with E-state index in [1.54, 1.807) is 13.0 Å². The number of allylic oxidation sites excluding steroid dienone is 1. The van der Waals surface area contributed by atoms with Crippen molar-refractivity contribution in [3.05, 3.63) is 36.5 Å². The number of aliphatic hydroxyl groups is 1. The first-order chi connectivity index (χ1) is 7.84. The van der Waals surface area contributed by atoms with Gasteiger partial charge in [0.1, 0.15) is 0 Å². The Morgan fingerprint density at radius 3 is 2.76 bits per heavy atom. The molecule has 0 radical (unpaired) electrons. The molecule has 1 aliphatic heterocycles. The van der Waals surface area contributed by atoms with E-state index in [0.717, 1.165) is 18.4 Å². The number of rotatable bonds is 5. The summed E-state index contributed by atoms with van der Waals surface area (Å²) in [6.45, 7) is 13.6. The molecule has 1 rings (SSSR count). The van der Waals surface area contributed by atoms with Crippen LogP contribution in [0.3, 0.4) is 0 Å². The Kier molecular flexibility index (Phi) is 4.72. The molecule has 0 aromatic carbocycles. The van der Waals surface area contributed by atoms with Crippen molar-refractivity contribution in [1.29, 1.82) is 0 Å². The van der Waals surface area contributed by atoms with Crippen molar-refractivity contribution in [2.75, 3.05) is 0 Å². The van der Waals surface area contributed by atoms with Gasteiger partial charge in [0.25, 0.3) is 0 Å². The summed E-state index contributed by atoms with van der Waals surface area (Å²) in [6, 6.07) is 0.